The topological polar surface area (TPSA) is 59.3 Å². The number of carbonyl (C=O) groups is 2. The highest BCUT2D eigenvalue weighted by Gasteiger charge is 2.22. The van der Waals surface area contributed by atoms with Gasteiger partial charge in [0.05, 0.1) is 0 Å². The molecule has 0 aliphatic heterocycles. The summed E-state index contributed by atoms with van der Waals surface area (Å²) in [7, 11) is 3.69. The number of hydrogen-bond donors (Lipinski definition) is 1. The Bertz CT molecular complexity index is 1230. The fourth-order valence-corrected chi connectivity index (χ4v) is 4.13. The van der Waals surface area contributed by atoms with Crippen LogP contribution in [-0.4, -0.2) is 45.5 Å². The van der Waals surface area contributed by atoms with Gasteiger partial charge in [0.25, 0.3) is 11.8 Å². The van der Waals surface area contributed by atoms with Gasteiger partial charge in [-0.1, -0.05) is 36.4 Å². The van der Waals surface area contributed by atoms with Crippen molar-refractivity contribution in [2.75, 3.05) is 13.6 Å². The number of likely N-dealkylation sites (N-methyl/N-ethyl adjacent to an activating group) is 1. The summed E-state index contributed by atoms with van der Waals surface area (Å²) in [6.45, 7) is 0.475. The quantitative estimate of drug-likeness (QED) is 0.410. The van der Waals surface area contributed by atoms with Crippen LogP contribution in [0.25, 0.3) is 5.69 Å². The van der Waals surface area contributed by atoms with Gasteiger partial charge in [0.15, 0.2) is 0 Å². The SMILES string of the molecule is CN(C(=O)c1cccc(-n2cccc2)c1)[C@H](CCNC(=O)c1cccn1C)Cc1ccccc1. The first-order chi connectivity index (χ1) is 16.5. The minimum Gasteiger partial charge on any atom is -0.351 e. The average Bonchev–Trinajstić information content (AvgIpc) is 3.55. The number of nitrogens with one attached hydrogen (secondary N) is 1. The lowest BCUT2D eigenvalue weighted by molar-refractivity contribution is 0.0722. The van der Waals surface area contributed by atoms with E-state index < -0.39 is 0 Å². The smallest absolute Gasteiger partial charge is 0.267 e. The summed E-state index contributed by atoms with van der Waals surface area (Å²) >= 11 is 0. The fourth-order valence-electron chi connectivity index (χ4n) is 4.13. The zero-order chi connectivity index (χ0) is 23.9. The maximum absolute atomic E-state index is 13.5. The second-order valence-corrected chi connectivity index (χ2v) is 8.45. The van der Waals surface area contributed by atoms with Gasteiger partial charge in [-0.3, -0.25) is 9.59 Å². The molecule has 0 saturated carbocycles. The standard InChI is InChI=1S/C28H30N4O2/c1-30-17-9-14-26(30)27(33)29-16-15-24(20-22-10-4-3-5-11-22)31(2)28(34)23-12-8-13-25(21-23)32-18-6-7-19-32/h3-14,17-19,21,24H,15-16,20H2,1-2H3,(H,29,33)/t24-/m1/s1. The lowest BCUT2D eigenvalue weighted by Crippen LogP contribution is -2.41. The number of aryl methyl sites for hydroxylation is 1. The molecule has 0 bridgehead atoms. The van der Waals surface area contributed by atoms with Crippen LogP contribution in [0.4, 0.5) is 0 Å². The molecule has 2 aromatic carbocycles. The molecule has 1 N–H and O–H groups in total. The summed E-state index contributed by atoms with van der Waals surface area (Å²) in [4.78, 5) is 27.8. The first-order valence-electron chi connectivity index (χ1n) is 11.5. The van der Waals surface area contributed by atoms with Crippen LogP contribution in [0.5, 0.6) is 0 Å². The van der Waals surface area contributed by atoms with E-state index in [9.17, 15) is 9.59 Å². The van der Waals surface area contributed by atoms with Gasteiger partial charge in [0.2, 0.25) is 0 Å². The molecule has 6 heteroatoms. The molecule has 2 amide bonds. The summed E-state index contributed by atoms with van der Waals surface area (Å²) < 4.78 is 3.78. The van der Waals surface area contributed by atoms with Crippen molar-refractivity contribution >= 4 is 11.8 Å². The molecule has 6 nitrogen and oxygen atoms in total. The van der Waals surface area contributed by atoms with Crippen LogP contribution >= 0.6 is 0 Å². The maximum Gasteiger partial charge on any atom is 0.267 e. The van der Waals surface area contributed by atoms with Gasteiger partial charge in [-0.2, -0.15) is 0 Å². The summed E-state index contributed by atoms with van der Waals surface area (Å²) in [5.41, 5.74) is 3.35. The molecule has 0 aliphatic rings. The van der Waals surface area contributed by atoms with Crippen LogP contribution in [0.15, 0.2) is 97.5 Å². The van der Waals surface area contributed by atoms with Gasteiger partial charge in [-0.05, 0) is 60.9 Å². The van der Waals surface area contributed by atoms with Gasteiger partial charge in [0, 0.05) is 56.5 Å². The highest BCUT2D eigenvalue weighted by molar-refractivity contribution is 5.95. The monoisotopic (exact) mass is 454 g/mol. The Kier molecular flexibility index (Phi) is 7.28. The van der Waals surface area contributed by atoms with Crippen molar-refractivity contribution in [2.24, 2.45) is 7.05 Å². The second-order valence-electron chi connectivity index (χ2n) is 8.45. The Morgan fingerprint density at radius 1 is 0.912 bits per heavy atom. The molecule has 4 aromatic rings. The second kappa shape index (κ2) is 10.7. The van der Waals surface area contributed by atoms with E-state index in [1.54, 1.807) is 15.5 Å². The summed E-state index contributed by atoms with van der Waals surface area (Å²) in [6, 6.07) is 25.3. The van der Waals surface area contributed by atoms with Crippen LogP contribution in [0.3, 0.4) is 0 Å². The molecule has 0 radical (unpaired) electrons. The molecule has 1 atom stereocenters. The third kappa shape index (κ3) is 5.46. The first kappa shape index (κ1) is 23.1. The van der Waals surface area contributed by atoms with Gasteiger partial charge < -0.3 is 19.4 Å². The third-order valence-corrected chi connectivity index (χ3v) is 6.12. The van der Waals surface area contributed by atoms with E-state index in [1.807, 2.05) is 97.9 Å². The van der Waals surface area contributed by atoms with Crippen molar-refractivity contribution in [2.45, 2.75) is 18.9 Å². The molecule has 34 heavy (non-hydrogen) atoms. The van der Waals surface area contributed by atoms with Crippen molar-refractivity contribution < 1.29 is 9.59 Å². The molecule has 0 aliphatic carbocycles. The van der Waals surface area contributed by atoms with E-state index in [2.05, 4.69) is 17.4 Å². The van der Waals surface area contributed by atoms with Crippen molar-refractivity contribution in [3.8, 4) is 5.69 Å². The zero-order valence-electron chi connectivity index (χ0n) is 19.6. The molecule has 0 unspecified atom stereocenters. The number of hydrogen-bond acceptors (Lipinski definition) is 2. The molecule has 0 spiro atoms. The molecule has 0 fully saturated rings. The Labute approximate surface area is 200 Å². The van der Waals surface area contributed by atoms with Crippen molar-refractivity contribution in [1.29, 1.82) is 0 Å². The van der Waals surface area contributed by atoms with Gasteiger partial charge in [-0.25, -0.2) is 0 Å². The van der Waals surface area contributed by atoms with Crippen LogP contribution in [0.2, 0.25) is 0 Å². The van der Waals surface area contributed by atoms with E-state index >= 15 is 0 Å². The van der Waals surface area contributed by atoms with Crippen LogP contribution < -0.4 is 5.32 Å². The Morgan fingerprint density at radius 3 is 2.38 bits per heavy atom. The highest BCUT2D eigenvalue weighted by atomic mass is 16.2. The molecular weight excluding hydrogens is 424 g/mol. The van der Waals surface area contributed by atoms with Crippen LogP contribution in [0, 0.1) is 0 Å². The molecular formula is C28H30N4O2. The normalized spacial score (nSPS) is 11.7. The minimum atomic E-state index is -0.112. The zero-order valence-corrected chi connectivity index (χ0v) is 19.6. The van der Waals surface area contributed by atoms with Crippen molar-refractivity contribution in [3.63, 3.8) is 0 Å². The van der Waals surface area contributed by atoms with Crippen LogP contribution in [-0.2, 0) is 13.5 Å². The number of nitrogens with zero attached hydrogens (tertiary/aromatic N) is 3. The minimum absolute atomic E-state index is 0.0382. The third-order valence-electron chi connectivity index (χ3n) is 6.12. The predicted molar refractivity (Wildman–Crippen MR) is 134 cm³/mol. The van der Waals surface area contributed by atoms with E-state index in [4.69, 9.17) is 0 Å². The van der Waals surface area contributed by atoms with Crippen LogP contribution in [0.1, 0.15) is 32.8 Å². The average molecular weight is 455 g/mol. The molecule has 0 saturated heterocycles. The Morgan fingerprint density at radius 2 is 1.68 bits per heavy atom. The number of benzene rings is 2. The van der Waals surface area contributed by atoms with E-state index in [0.29, 0.717) is 30.6 Å². The Balaban J connectivity index is 1.48. The fraction of sp³-hybridized carbons (Fsp3) is 0.214. The lowest BCUT2D eigenvalue weighted by Gasteiger charge is -2.29. The number of carbonyl (C=O) groups excluding carboxylic acids is 2. The lowest BCUT2D eigenvalue weighted by atomic mass is 10.0. The molecule has 4 rings (SSSR count). The highest BCUT2D eigenvalue weighted by Crippen LogP contribution is 2.17. The van der Waals surface area contributed by atoms with Crippen molar-refractivity contribution in [3.05, 3.63) is 114 Å². The van der Waals surface area contributed by atoms with E-state index in [0.717, 1.165) is 11.3 Å². The summed E-state index contributed by atoms with van der Waals surface area (Å²) in [6.07, 6.45) is 7.12. The van der Waals surface area contributed by atoms with E-state index in [-0.39, 0.29) is 17.9 Å². The molecule has 174 valence electrons. The van der Waals surface area contributed by atoms with Gasteiger partial charge in [0.1, 0.15) is 5.69 Å². The number of rotatable bonds is 9. The summed E-state index contributed by atoms with van der Waals surface area (Å²) in [5.74, 6) is -0.150. The maximum atomic E-state index is 13.5. The Hall–Kier alpha value is -4.06. The first-order valence-corrected chi connectivity index (χ1v) is 11.5. The van der Waals surface area contributed by atoms with Crippen molar-refractivity contribution in [1.82, 2.24) is 19.4 Å². The summed E-state index contributed by atoms with van der Waals surface area (Å²) in [5, 5.41) is 3.00. The molecule has 2 heterocycles. The molecule has 2 aromatic heterocycles. The van der Waals surface area contributed by atoms with Gasteiger partial charge in [-0.15, -0.1) is 0 Å². The predicted octanol–water partition coefficient (Wildman–Crippen LogP) is 4.32. The van der Waals surface area contributed by atoms with Gasteiger partial charge >= 0.3 is 0 Å². The number of aromatic nitrogens is 2. The largest absolute Gasteiger partial charge is 0.351 e. The van der Waals surface area contributed by atoms with E-state index in [1.165, 1.54) is 0 Å². The number of amides is 2.